The molecule has 4 N–H and O–H groups in total. The van der Waals surface area contributed by atoms with Crippen molar-refractivity contribution in [3.8, 4) is 0 Å². The molecular weight excluding hydrogens is 354 g/mol. The van der Waals surface area contributed by atoms with Crippen molar-refractivity contribution in [1.29, 1.82) is 0 Å². The van der Waals surface area contributed by atoms with Gasteiger partial charge in [-0.05, 0) is 18.4 Å². The third kappa shape index (κ3) is 11.4. The van der Waals surface area contributed by atoms with Gasteiger partial charge in [0.1, 0.15) is 6.04 Å². The molecule has 6 heteroatoms. The molecule has 0 heterocycles. The topological polar surface area (TPSA) is 101 Å². The summed E-state index contributed by atoms with van der Waals surface area (Å²) in [6.45, 7) is 2.66. The van der Waals surface area contributed by atoms with Crippen molar-refractivity contribution in [2.75, 3.05) is 6.54 Å². The third-order valence-corrected chi connectivity index (χ3v) is 4.65. The minimum atomic E-state index is -0.964. The van der Waals surface area contributed by atoms with Crippen LogP contribution in [0.4, 0.5) is 0 Å². The van der Waals surface area contributed by atoms with Crippen LogP contribution in [-0.4, -0.2) is 30.3 Å². The van der Waals surface area contributed by atoms with Gasteiger partial charge in [-0.15, -0.1) is 0 Å². The molecule has 0 aliphatic rings. The summed E-state index contributed by atoms with van der Waals surface area (Å²) in [5.41, 5.74) is 6.46. The SMILES string of the molecule is CCCCCCCCCC(=O)NC(CC(=O)NCCc1ccccc1)C(N)=O. The van der Waals surface area contributed by atoms with Gasteiger partial charge in [-0.2, -0.15) is 0 Å². The molecule has 1 aromatic rings. The van der Waals surface area contributed by atoms with Gasteiger partial charge in [0.25, 0.3) is 0 Å². The van der Waals surface area contributed by atoms with Gasteiger partial charge in [-0.1, -0.05) is 75.8 Å². The maximum Gasteiger partial charge on any atom is 0.240 e. The van der Waals surface area contributed by atoms with Gasteiger partial charge in [0, 0.05) is 13.0 Å². The molecule has 156 valence electrons. The van der Waals surface area contributed by atoms with Crippen LogP contribution in [0.2, 0.25) is 0 Å². The number of hydrogen-bond donors (Lipinski definition) is 3. The number of hydrogen-bond acceptors (Lipinski definition) is 3. The van der Waals surface area contributed by atoms with Gasteiger partial charge in [0.2, 0.25) is 17.7 Å². The summed E-state index contributed by atoms with van der Waals surface area (Å²) in [5, 5.41) is 5.36. The fraction of sp³-hybridized carbons (Fsp3) is 0.591. The first kappa shape index (κ1) is 23.7. The zero-order valence-corrected chi connectivity index (χ0v) is 17.0. The van der Waals surface area contributed by atoms with Crippen LogP contribution in [0, 0.1) is 0 Å². The molecule has 1 unspecified atom stereocenters. The summed E-state index contributed by atoms with van der Waals surface area (Å²) < 4.78 is 0. The highest BCUT2D eigenvalue weighted by molar-refractivity contribution is 5.91. The minimum absolute atomic E-state index is 0.132. The lowest BCUT2D eigenvalue weighted by molar-refractivity contribution is -0.130. The van der Waals surface area contributed by atoms with E-state index in [2.05, 4.69) is 17.6 Å². The second-order valence-corrected chi connectivity index (χ2v) is 7.18. The van der Waals surface area contributed by atoms with Gasteiger partial charge < -0.3 is 16.4 Å². The highest BCUT2D eigenvalue weighted by Crippen LogP contribution is 2.08. The molecule has 0 bridgehead atoms. The number of unbranched alkanes of at least 4 members (excludes halogenated alkanes) is 6. The van der Waals surface area contributed by atoms with Gasteiger partial charge in [-0.25, -0.2) is 0 Å². The molecule has 0 spiro atoms. The first-order chi connectivity index (χ1) is 13.5. The Bertz CT molecular complexity index is 590. The first-order valence-electron chi connectivity index (χ1n) is 10.4. The first-order valence-corrected chi connectivity index (χ1v) is 10.4. The standard InChI is InChI=1S/C22H35N3O3/c1-2-3-4-5-6-7-11-14-20(26)25-19(22(23)28)17-21(27)24-16-15-18-12-9-8-10-13-18/h8-10,12-13,19H,2-7,11,14-17H2,1H3,(H2,23,28)(H,24,27)(H,25,26). The highest BCUT2D eigenvalue weighted by Gasteiger charge is 2.21. The summed E-state index contributed by atoms with van der Waals surface area (Å²) in [7, 11) is 0. The van der Waals surface area contributed by atoms with E-state index in [4.69, 9.17) is 5.73 Å². The summed E-state index contributed by atoms with van der Waals surface area (Å²) in [6.07, 6.45) is 8.75. The zero-order valence-electron chi connectivity index (χ0n) is 17.0. The monoisotopic (exact) mass is 389 g/mol. The summed E-state index contributed by atoms with van der Waals surface area (Å²) >= 11 is 0. The Morgan fingerprint density at radius 1 is 0.929 bits per heavy atom. The predicted octanol–water partition coefficient (Wildman–Crippen LogP) is 2.85. The Morgan fingerprint density at radius 2 is 1.57 bits per heavy atom. The largest absolute Gasteiger partial charge is 0.368 e. The molecule has 1 atom stereocenters. The summed E-state index contributed by atoms with van der Waals surface area (Å²) in [4.78, 5) is 35.6. The van der Waals surface area contributed by atoms with Crippen molar-refractivity contribution in [3.63, 3.8) is 0 Å². The van der Waals surface area contributed by atoms with Crippen molar-refractivity contribution in [1.82, 2.24) is 10.6 Å². The second-order valence-electron chi connectivity index (χ2n) is 7.18. The van der Waals surface area contributed by atoms with Crippen LogP contribution in [-0.2, 0) is 20.8 Å². The molecule has 0 aromatic heterocycles. The van der Waals surface area contributed by atoms with Crippen LogP contribution in [0.15, 0.2) is 30.3 Å². The van der Waals surface area contributed by atoms with E-state index in [1.807, 2.05) is 30.3 Å². The van der Waals surface area contributed by atoms with Crippen molar-refractivity contribution >= 4 is 17.7 Å². The molecular formula is C22H35N3O3. The maximum atomic E-state index is 12.0. The molecule has 0 fully saturated rings. The molecule has 28 heavy (non-hydrogen) atoms. The predicted molar refractivity (Wildman–Crippen MR) is 112 cm³/mol. The van der Waals surface area contributed by atoms with Gasteiger partial charge in [0.15, 0.2) is 0 Å². The zero-order chi connectivity index (χ0) is 20.6. The minimum Gasteiger partial charge on any atom is -0.368 e. The van der Waals surface area contributed by atoms with E-state index in [0.717, 1.165) is 24.8 Å². The molecule has 0 saturated heterocycles. The van der Waals surface area contributed by atoms with E-state index >= 15 is 0 Å². The van der Waals surface area contributed by atoms with Crippen molar-refractivity contribution in [2.24, 2.45) is 5.73 Å². The lowest BCUT2D eigenvalue weighted by Gasteiger charge is -2.15. The van der Waals surface area contributed by atoms with Crippen molar-refractivity contribution in [2.45, 2.75) is 77.2 Å². The molecule has 0 aliphatic heterocycles. The summed E-state index contributed by atoms with van der Waals surface area (Å²) in [5.74, 6) is -1.21. The number of rotatable bonds is 15. The number of amides is 3. The lowest BCUT2D eigenvalue weighted by atomic mass is 10.1. The van der Waals surface area contributed by atoms with E-state index in [1.54, 1.807) is 0 Å². The van der Waals surface area contributed by atoms with E-state index in [0.29, 0.717) is 19.4 Å². The van der Waals surface area contributed by atoms with Crippen LogP contribution in [0.5, 0.6) is 0 Å². The van der Waals surface area contributed by atoms with Crippen LogP contribution >= 0.6 is 0 Å². The number of nitrogens with two attached hydrogens (primary N) is 1. The van der Waals surface area contributed by atoms with Crippen LogP contribution in [0.3, 0.4) is 0 Å². The second kappa shape index (κ2) is 14.7. The fourth-order valence-corrected chi connectivity index (χ4v) is 2.98. The number of benzene rings is 1. The third-order valence-electron chi connectivity index (χ3n) is 4.65. The Morgan fingerprint density at radius 3 is 2.21 bits per heavy atom. The van der Waals surface area contributed by atoms with Gasteiger partial charge in [0.05, 0.1) is 6.42 Å². The smallest absolute Gasteiger partial charge is 0.240 e. The number of nitrogens with one attached hydrogen (secondary N) is 2. The molecule has 1 rings (SSSR count). The molecule has 1 aromatic carbocycles. The van der Waals surface area contributed by atoms with Crippen molar-refractivity contribution in [3.05, 3.63) is 35.9 Å². The Labute approximate surface area is 168 Å². The molecule has 3 amide bonds. The molecule has 6 nitrogen and oxygen atoms in total. The average molecular weight is 390 g/mol. The van der Waals surface area contributed by atoms with Gasteiger partial charge >= 0.3 is 0 Å². The number of primary amides is 1. The Kier molecular flexibility index (Phi) is 12.4. The van der Waals surface area contributed by atoms with Crippen molar-refractivity contribution < 1.29 is 14.4 Å². The summed E-state index contributed by atoms with van der Waals surface area (Å²) in [6, 6.07) is 8.84. The Balaban J connectivity index is 2.23. The fourth-order valence-electron chi connectivity index (χ4n) is 2.98. The normalized spacial score (nSPS) is 11.6. The molecule has 0 saturated carbocycles. The van der Waals surface area contributed by atoms with Gasteiger partial charge in [-0.3, -0.25) is 14.4 Å². The van der Waals surface area contributed by atoms with E-state index in [9.17, 15) is 14.4 Å². The highest BCUT2D eigenvalue weighted by atomic mass is 16.2. The van der Waals surface area contributed by atoms with E-state index in [-0.39, 0.29) is 18.2 Å². The quantitative estimate of drug-likeness (QED) is 0.402. The van der Waals surface area contributed by atoms with E-state index < -0.39 is 11.9 Å². The molecule has 0 radical (unpaired) electrons. The average Bonchev–Trinajstić information content (AvgIpc) is 2.67. The van der Waals surface area contributed by atoms with Crippen LogP contribution in [0.1, 0.15) is 70.3 Å². The molecule has 0 aliphatic carbocycles. The lowest BCUT2D eigenvalue weighted by Crippen LogP contribution is -2.47. The maximum absolute atomic E-state index is 12.0. The number of carbonyl (C=O) groups is 3. The van der Waals surface area contributed by atoms with Crippen LogP contribution in [0.25, 0.3) is 0 Å². The number of carbonyl (C=O) groups excluding carboxylic acids is 3. The van der Waals surface area contributed by atoms with E-state index in [1.165, 1.54) is 25.7 Å². The van der Waals surface area contributed by atoms with Crippen LogP contribution < -0.4 is 16.4 Å². The Hall–Kier alpha value is -2.37.